The first-order valence-corrected chi connectivity index (χ1v) is 14.8. The Morgan fingerprint density at radius 3 is 2.17 bits per heavy atom. The van der Waals surface area contributed by atoms with Crippen LogP contribution in [0.15, 0.2) is 36.4 Å². The molecule has 46 heavy (non-hydrogen) atoms. The Kier molecular flexibility index (Phi) is 12.4. The van der Waals surface area contributed by atoms with E-state index in [0.717, 1.165) is 12.8 Å². The summed E-state index contributed by atoms with van der Waals surface area (Å²) in [5.74, 6) is 5.79. The van der Waals surface area contributed by atoms with Gasteiger partial charge in [-0.25, -0.2) is 9.59 Å². The quantitative estimate of drug-likeness (QED) is 0.104. The van der Waals surface area contributed by atoms with Crippen molar-refractivity contribution in [2.75, 3.05) is 69.1 Å². The van der Waals surface area contributed by atoms with E-state index in [2.05, 4.69) is 22.5 Å². The number of anilines is 4. The van der Waals surface area contributed by atoms with Crippen molar-refractivity contribution in [3.63, 3.8) is 0 Å². The Morgan fingerprint density at radius 2 is 1.59 bits per heavy atom. The summed E-state index contributed by atoms with van der Waals surface area (Å²) in [4.78, 5) is 37.9. The molecule has 1 unspecified atom stereocenters. The number of esters is 1. The van der Waals surface area contributed by atoms with Gasteiger partial charge in [-0.15, -0.1) is 0 Å². The van der Waals surface area contributed by atoms with Crippen LogP contribution in [-0.4, -0.2) is 75.5 Å². The number of ether oxygens (including phenoxy) is 4. The largest absolute Gasteiger partial charge is 0.494 e. The van der Waals surface area contributed by atoms with Crippen LogP contribution in [-0.2, 0) is 9.47 Å². The monoisotopic (exact) mass is 636 g/mol. The molecular weight excluding hydrogens is 592 g/mol. The molecular formula is C33H44N6O7. The van der Waals surface area contributed by atoms with Crippen molar-refractivity contribution in [1.29, 1.82) is 0 Å². The zero-order valence-corrected chi connectivity index (χ0v) is 27.0. The number of nitrogens with one attached hydrogen (secondary N) is 2. The molecule has 3 rings (SSSR count). The first-order chi connectivity index (χ1) is 21.8. The summed E-state index contributed by atoms with van der Waals surface area (Å²) < 4.78 is 21.5. The first kappa shape index (κ1) is 35.2. The summed E-state index contributed by atoms with van der Waals surface area (Å²) in [6, 6.07) is 6.06. The number of nitrogens with zero attached hydrogens (tertiary/aromatic N) is 1. The van der Waals surface area contributed by atoms with E-state index in [9.17, 15) is 14.4 Å². The van der Waals surface area contributed by atoms with E-state index in [0.29, 0.717) is 54.7 Å². The van der Waals surface area contributed by atoms with E-state index < -0.39 is 17.5 Å². The maximum Gasteiger partial charge on any atom is 0.410 e. The standard InChI is InChI=1S/C33H44N6O7/c1-33(2,3)46-32(42)39-14-8-10-21(20-39)11-9-15-45-27-18-22(30(36)40)16-24(34)29(27)38-13-7-6-12-37-28-25(35)17-23(31(41)44-5)19-26(28)43-4/h6-7,16-19,21,37-38H,8,10,12-15,20,34-35H2,1-5H3,(H2,36,40)/b7-6+. The average molecular weight is 637 g/mol. The molecule has 1 aliphatic rings. The van der Waals surface area contributed by atoms with Crippen LogP contribution in [0.4, 0.5) is 27.5 Å². The summed E-state index contributed by atoms with van der Waals surface area (Å²) in [7, 11) is 2.77. The van der Waals surface area contributed by atoms with E-state index in [4.69, 9.17) is 36.1 Å². The van der Waals surface area contributed by atoms with E-state index >= 15 is 0 Å². The fraction of sp³-hybridized carbons (Fsp3) is 0.424. The Balaban J connectivity index is 1.60. The number of carbonyl (C=O) groups is 3. The lowest BCUT2D eigenvalue weighted by Crippen LogP contribution is -2.42. The normalized spacial score (nSPS) is 14.5. The Hall–Kier alpha value is -5.25. The van der Waals surface area contributed by atoms with Crippen molar-refractivity contribution in [2.45, 2.75) is 39.2 Å². The molecule has 1 fully saturated rings. The van der Waals surface area contributed by atoms with Gasteiger partial charge in [0.05, 0.1) is 31.2 Å². The fourth-order valence-electron chi connectivity index (χ4n) is 4.68. The molecule has 2 aromatic carbocycles. The number of hydrogen-bond acceptors (Lipinski definition) is 11. The van der Waals surface area contributed by atoms with Gasteiger partial charge in [0.1, 0.15) is 35.1 Å². The van der Waals surface area contributed by atoms with Crippen molar-refractivity contribution < 1.29 is 33.3 Å². The molecule has 13 heteroatoms. The molecule has 0 aromatic heterocycles. The van der Waals surface area contributed by atoms with Crippen LogP contribution in [0.2, 0.25) is 0 Å². The van der Waals surface area contributed by atoms with Gasteiger partial charge in [0.25, 0.3) is 0 Å². The van der Waals surface area contributed by atoms with Gasteiger partial charge in [0.15, 0.2) is 0 Å². The predicted octanol–water partition coefficient (Wildman–Crippen LogP) is 3.85. The summed E-state index contributed by atoms with van der Waals surface area (Å²) >= 11 is 0. The molecule has 1 heterocycles. The minimum absolute atomic E-state index is 0.00987. The van der Waals surface area contributed by atoms with Gasteiger partial charge in [0, 0.05) is 37.7 Å². The van der Waals surface area contributed by atoms with E-state index in [1.807, 2.05) is 32.9 Å². The molecule has 2 amide bonds. The van der Waals surface area contributed by atoms with Gasteiger partial charge < -0.3 is 51.7 Å². The number of nitrogen functional groups attached to an aromatic ring is 2. The number of hydrogen-bond donors (Lipinski definition) is 5. The SMILES string of the molecule is COC(=O)c1cc(N)c(NC/C=C/CNc2c(N)cc(C(N)=O)cc2OCC#CC2CCCN(C(=O)OC(C)(C)C)C2)c(OC)c1. The average Bonchev–Trinajstić information content (AvgIpc) is 3.00. The van der Waals surface area contributed by atoms with Crippen molar-refractivity contribution in [2.24, 2.45) is 11.7 Å². The van der Waals surface area contributed by atoms with Crippen molar-refractivity contribution in [1.82, 2.24) is 4.90 Å². The maximum atomic E-state index is 12.5. The van der Waals surface area contributed by atoms with E-state index in [-0.39, 0.29) is 35.4 Å². The smallest absolute Gasteiger partial charge is 0.410 e. The van der Waals surface area contributed by atoms with Crippen molar-refractivity contribution >= 4 is 40.7 Å². The Morgan fingerprint density at radius 1 is 0.978 bits per heavy atom. The molecule has 248 valence electrons. The Labute approximate surface area is 269 Å². The number of primary amides is 1. The summed E-state index contributed by atoms with van der Waals surface area (Å²) in [6.45, 7) is 7.45. The number of likely N-dealkylation sites (tertiary alicyclic amines) is 1. The molecule has 13 nitrogen and oxygen atoms in total. The number of carbonyl (C=O) groups excluding carboxylic acids is 3. The Bertz CT molecular complexity index is 1510. The second-order valence-electron chi connectivity index (χ2n) is 11.5. The number of amides is 2. The maximum absolute atomic E-state index is 12.5. The van der Waals surface area contributed by atoms with Crippen LogP contribution < -0.4 is 37.3 Å². The molecule has 2 aromatic rings. The molecule has 1 aliphatic heterocycles. The highest BCUT2D eigenvalue weighted by atomic mass is 16.6. The molecule has 0 aliphatic carbocycles. The zero-order chi connectivity index (χ0) is 33.9. The lowest BCUT2D eigenvalue weighted by atomic mass is 9.99. The number of benzene rings is 2. The lowest BCUT2D eigenvalue weighted by molar-refractivity contribution is 0.0190. The molecule has 0 bridgehead atoms. The van der Waals surface area contributed by atoms with Gasteiger partial charge in [0.2, 0.25) is 5.91 Å². The molecule has 0 saturated carbocycles. The number of nitrogens with two attached hydrogens (primary N) is 3. The van der Waals surface area contributed by atoms with Gasteiger partial charge in [-0.1, -0.05) is 24.0 Å². The predicted molar refractivity (Wildman–Crippen MR) is 178 cm³/mol. The van der Waals surface area contributed by atoms with Crippen LogP contribution in [0.1, 0.15) is 54.3 Å². The number of piperidine rings is 1. The minimum Gasteiger partial charge on any atom is -0.494 e. The highest BCUT2D eigenvalue weighted by Gasteiger charge is 2.27. The molecule has 0 radical (unpaired) electrons. The summed E-state index contributed by atoms with van der Waals surface area (Å²) in [6.07, 6.45) is 5.08. The molecule has 1 saturated heterocycles. The summed E-state index contributed by atoms with van der Waals surface area (Å²) in [5.41, 5.74) is 19.4. The minimum atomic E-state index is -0.640. The highest BCUT2D eigenvalue weighted by Crippen LogP contribution is 2.34. The van der Waals surface area contributed by atoms with Crippen LogP contribution in [0, 0.1) is 17.8 Å². The van der Waals surface area contributed by atoms with E-state index in [1.54, 1.807) is 11.0 Å². The van der Waals surface area contributed by atoms with Gasteiger partial charge in [-0.05, 0) is 57.9 Å². The second kappa shape index (κ2) is 16.2. The lowest BCUT2D eigenvalue weighted by Gasteiger charge is -2.32. The third-order valence-corrected chi connectivity index (χ3v) is 6.83. The molecule has 1 atom stereocenters. The van der Waals surface area contributed by atoms with Crippen LogP contribution in [0.25, 0.3) is 0 Å². The number of rotatable bonds is 11. The third kappa shape index (κ3) is 10.2. The summed E-state index contributed by atoms with van der Waals surface area (Å²) in [5, 5.41) is 6.39. The van der Waals surface area contributed by atoms with Crippen LogP contribution in [0.5, 0.6) is 11.5 Å². The van der Waals surface area contributed by atoms with Crippen LogP contribution >= 0.6 is 0 Å². The number of methoxy groups -OCH3 is 2. The molecule has 0 spiro atoms. The highest BCUT2D eigenvalue weighted by molar-refractivity contribution is 5.96. The fourth-order valence-corrected chi connectivity index (χ4v) is 4.68. The van der Waals surface area contributed by atoms with Crippen molar-refractivity contribution in [3.8, 4) is 23.3 Å². The third-order valence-electron chi connectivity index (χ3n) is 6.83. The van der Waals surface area contributed by atoms with Gasteiger partial charge in [-0.3, -0.25) is 4.79 Å². The first-order valence-electron chi connectivity index (χ1n) is 14.8. The zero-order valence-electron chi connectivity index (χ0n) is 27.0. The molecule has 8 N–H and O–H groups in total. The van der Waals surface area contributed by atoms with Gasteiger partial charge in [-0.2, -0.15) is 0 Å². The van der Waals surface area contributed by atoms with Crippen molar-refractivity contribution in [3.05, 3.63) is 47.5 Å². The second-order valence-corrected chi connectivity index (χ2v) is 11.5. The van der Waals surface area contributed by atoms with Gasteiger partial charge >= 0.3 is 12.1 Å². The van der Waals surface area contributed by atoms with Crippen LogP contribution in [0.3, 0.4) is 0 Å². The van der Waals surface area contributed by atoms with E-state index in [1.165, 1.54) is 32.4 Å². The topological polar surface area (TPSA) is 193 Å².